The van der Waals surface area contributed by atoms with Crippen LogP contribution >= 0.6 is 15.9 Å². The molecule has 0 heterocycles. The summed E-state index contributed by atoms with van der Waals surface area (Å²) in [5.74, 6) is -0.801. The Morgan fingerprint density at radius 3 is 2.37 bits per heavy atom. The first kappa shape index (κ1) is 23.9. The van der Waals surface area contributed by atoms with Crippen molar-refractivity contribution in [3.8, 4) is 0 Å². The summed E-state index contributed by atoms with van der Waals surface area (Å²) in [6.45, 7) is 3.32. The number of rotatable bonds is 8. The molecule has 0 aliphatic heterocycles. The first-order valence-electron chi connectivity index (χ1n) is 9.33. The van der Waals surface area contributed by atoms with Crippen molar-refractivity contribution in [1.82, 2.24) is 10.2 Å². The standard InChI is InChI=1S/C21H26BrN3O4S/c1-15-8-5-6-9-17(15)13-24(16(2)21(27)23-3)20(26)14-25(30(4,28)29)19-11-7-10-18(22)12-19/h5-12,16H,13-14H2,1-4H3,(H,23,27)/t16-/m0/s1. The van der Waals surface area contributed by atoms with Gasteiger partial charge in [0.15, 0.2) is 0 Å². The van der Waals surface area contributed by atoms with Crippen molar-refractivity contribution in [1.29, 1.82) is 0 Å². The molecule has 7 nitrogen and oxygen atoms in total. The number of nitrogens with zero attached hydrogens (tertiary/aromatic N) is 2. The zero-order valence-electron chi connectivity index (χ0n) is 17.4. The van der Waals surface area contributed by atoms with Gasteiger partial charge in [0.25, 0.3) is 0 Å². The SMILES string of the molecule is CNC(=O)[C@H](C)N(Cc1ccccc1C)C(=O)CN(c1cccc(Br)c1)S(C)(=O)=O. The fourth-order valence-electron chi connectivity index (χ4n) is 3.01. The fraction of sp³-hybridized carbons (Fsp3) is 0.333. The van der Waals surface area contributed by atoms with E-state index in [1.54, 1.807) is 31.2 Å². The number of likely N-dealkylation sites (N-methyl/N-ethyl adjacent to an activating group) is 1. The lowest BCUT2D eigenvalue weighted by Crippen LogP contribution is -2.50. The van der Waals surface area contributed by atoms with Crippen LogP contribution in [0.3, 0.4) is 0 Å². The molecule has 0 saturated heterocycles. The Labute approximate surface area is 186 Å². The van der Waals surface area contributed by atoms with Crippen LogP contribution in [-0.2, 0) is 26.2 Å². The molecule has 2 rings (SSSR count). The molecular weight excluding hydrogens is 470 g/mol. The van der Waals surface area contributed by atoms with E-state index in [1.807, 2.05) is 31.2 Å². The lowest BCUT2D eigenvalue weighted by molar-refractivity contribution is -0.139. The number of anilines is 1. The Kier molecular flexibility index (Phi) is 8.03. The number of hydrogen-bond donors (Lipinski definition) is 1. The summed E-state index contributed by atoms with van der Waals surface area (Å²) in [4.78, 5) is 27.0. The number of amides is 2. The van der Waals surface area contributed by atoms with E-state index >= 15 is 0 Å². The maximum absolute atomic E-state index is 13.3. The van der Waals surface area contributed by atoms with E-state index in [9.17, 15) is 18.0 Å². The Morgan fingerprint density at radius 1 is 1.13 bits per heavy atom. The van der Waals surface area contributed by atoms with Crippen LogP contribution in [0.2, 0.25) is 0 Å². The van der Waals surface area contributed by atoms with Gasteiger partial charge in [0.05, 0.1) is 11.9 Å². The summed E-state index contributed by atoms with van der Waals surface area (Å²) >= 11 is 3.33. The minimum Gasteiger partial charge on any atom is -0.357 e. The number of sulfonamides is 1. The molecule has 2 amide bonds. The highest BCUT2D eigenvalue weighted by Gasteiger charge is 2.29. The van der Waals surface area contributed by atoms with Gasteiger partial charge in [-0.2, -0.15) is 0 Å². The van der Waals surface area contributed by atoms with Crippen LogP contribution in [-0.4, -0.2) is 51.0 Å². The van der Waals surface area contributed by atoms with E-state index in [0.29, 0.717) is 10.2 Å². The van der Waals surface area contributed by atoms with Gasteiger partial charge in [0.2, 0.25) is 21.8 Å². The van der Waals surface area contributed by atoms with Crippen molar-refractivity contribution in [2.45, 2.75) is 26.4 Å². The third kappa shape index (κ3) is 6.06. The second kappa shape index (κ2) is 10.1. The van der Waals surface area contributed by atoms with Crippen LogP contribution in [0.4, 0.5) is 5.69 Å². The number of hydrogen-bond acceptors (Lipinski definition) is 4. The van der Waals surface area contributed by atoms with E-state index in [-0.39, 0.29) is 12.5 Å². The van der Waals surface area contributed by atoms with Crippen molar-refractivity contribution >= 4 is 43.5 Å². The maximum Gasteiger partial charge on any atom is 0.244 e. The summed E-state index contributed by atoms with van der Waals surface area (Å²) in [7, 11) is -2.23. The quantitative estimate of drug-likeness (QED) is 0.609. The smallest absolute Gasteiger partial charge is 0.244 e. The largest absolute Gasteiger partial charge is 0.357 e. The second-order valence-corrected chi connectivity index (χ2v) is 9.81. The van der Waals surface area contributed by atoms with Gasteiger partial charge in [-0.05, 0) is 43.2 Å². The maximum atomic E-state index is 13.3. The predicted octanol–water partition coefficient (Wildman–Crippen LogP) is 2.69. The molecule has 0 aromatic heterocycles. The van der Waals surface area contributed by atoms with E-state index in [1.165, 1.54) is 11.9 Å². The lowest BCUT2D eigenvalue weighted by atomic mass is 10.1. The minimum atomic E-state index is -3.73. The number of aryl methyl sites for hydroxylation is 1. The molecule has 0 radical (unpaired) electrons. The highest BCUT2D eigenvalue weighted by atomic mass is 79.9. The van der Waals surface area contributed by atoms with Gasteiger partial charge in [-0.3, -0.25) is 13.9 Å². The third-order valence-electron chi connectivity index (χ3n) is 4.79. The molecule has 9 heteroatoms. The van der Waals surface area contributed by atoms with Crippen LogP contribution in [0.25, 0.3) is 0 Å². The van der Waals surface area contributed by atoms with E-state index in [0.717, 1.165) is 21.7 Å². The Hall–Kier alpha value is -2.39. The summed E-state index contributed by atoms with van der Waals surface area (Å²) in [5.41, 5.74) is 2.23. The normalized spacial score (nSPS) is 12.2. The lowest BCUT2D eigenvalue weighted by Gasteiger charge is -2.31. The van der Waals surface area contributed by atoms with E-state index < -0.39 is 28.5 Å². The fourth-order valence-corrected chi connectivity index (χ4v) is 4.24. The molecule has 1 N–H and O–H groups in total. The summed E-state index contributed by atoms with van der Waals surface area (Å²) in [6.07, 6.45) is 1.05. The topological polar surface area (TPSA) is 86.8 Å². The molecule has 0 aliphatic rings. The van der Waals surface area contributed by atoms with Crippen molar-refractivity contribution in [3.05, 3.63) is 64.1 Å². The first-order chi connectivity index (χ1) is 14.0. The number of halogens is 1. The summed E-state index contributed by atoms with van der Waals surface area (Å²) in [5, 5.41) is 2.55. The van der Waals surface area contributed by atoms with Gasteiger partial charge in [0.1, 0.15) is 12.6 Å². The average molecular weight is 496 g/mol. The summed E-state index contributed by atoms with van der Waals surface area (Å²) in [6, 6.07) is 13.5. The molecule has 0 aliphatic carbocycles. The zero-order valence-corrected chi connectivity index (χ0v) is 19.8. The second-order valence-electron chi connectivity index (χ2n) is 6.99. The third-order valence-corrected chi connectivity index (χ3v) is 6.42. The van der Waals surface area contributed by atoms with Gasteiger partial charge in [-0.1, -0.05) is 46.3 Å². The van der Waals surface area contributed by atoms with Crippen molar-refractivity contribution in [3.63, 3.8) is 0 Å². The van der Waals surface area contributed by atoms with E-state index in [2.05, 4.69) is 21.2 Å². The van der Waals surface area contributed by atoms with Crippen LogP contribution in [0.5, 0.6) is 0 Å². The molecule has 2 aromatic carbocycles. The predicted molar refractivity (Wildman–Crippen MR) is 122 cm³/mol. The number of carbonyl (C=O) groups is 2. The highest BCUT2D eigenvalue weighted by Crippen LogP contribution is 2.23. The van der Waals surface area contributed by atoms with Crippen LogP contribution in [0.15, 0.2) is 53.0 Å². The molecule has 0 bridgehead atoms. The Bertz CT molecular complexity index is 1030. The molecule has 1 atom stereocenters. The van der Waals surface area contributed by atoms with Crippen molar-refractivity contribution in [2.75, 3.05) is 24.2 Å². The Balaban J connectivity index is 2.40. The van der Waals surface area contributed by atoms with Crippen molar-refractivity contribution in [2.24, 2.45) is 0 Å². The molecule has 30 heavy (non-hydrogen) atoms. The van der Waals surface area contributed by atoms with Crippen molar-refractivity contribution < 1.29 is 18.0 Å². The van der Waals surface area contributed by atoms with Crippen LogP contribution in [0.1, 0.15) is 18.1 Å². The summed E-state index contributed by atoms with van der Waals surface area (Å²) < 4.78 is 26.6. The highest BCUT2D eigenvalue weighted by molar-refractivity contribution is 9.10. The van der Waals surface area contributed by atoms with Gasteiger partial charge in [0, 0.05) is 18.1 Å². The molecule has 0 spiro atoms. The molecule has 0 unspecified atom stereocenters. The molecule has 2 aromatic rings. The molecular formula is C21H26BrN3O4S. The number of carbonyl (C=O) groups excluding carboxylic acids is 2. The van der Waals surface area contributed by atoms with Crippen LogP contribution in [0, 0.1) is 6.92 Å². The minimum absolute atomic E-state index is 0.191. The number of nitrogens with one attached hydrogen (secondary N) is 1. The van der Waals surface area contributed by atoms with Gasteiger partial charge >= 0.3 is 0 Å². The van der Waals surface area contributed by atoms with E-state index in [4.69, 9.17) is 0 Å². The number of benzene rings is 2. The average Bonchev–Trinajstić information content (AvgIpc) is 2.69. The molecule has 0 saturated carbocycles. The van der Waals surface area contributed by atoms with Gasteiger partial charge in [-0.15, -0.1) is 0 Å². The van der Waals surface area contributed by atoms with Crippen LogP contribution < -0.4 is 9.62 Å². The molecule has 0 fully saturated rings. The monoisotopic (exact) mass is 495 g/mol. The molecule has 162 valence electrons. The first-order valence-corrected chi connectivity index (χ1v) is 12.0. The van der Waals surface area contributed by atoms with Gasteiger partial charge < -0.3 is 10.2 Å². The van der Waals surface area contributed by atoms with Gasteiger partial charge in [-0.25, -0.2) is 8.42 Å². The Morgan fingerprint density at radius 2 is 1.80 bits per heavy atom. The zero-order chi connectivity index (χ0) is 22.5.